The topological polar surface area (TPSA) is 327 Å². The lowest BCUT2D eigenvalue weighted by molar-refractivity contribution is -0.141. The normalized spacial score (nSPS) is 12.5. The van der Waals surface area contributed by atoms with Crippen molar-refractivity contribution in [1.29, 1.82) is 0 Å². The van der Waals surface area contributed by atoms with Crippen LogP contribution in [0.25, 0.3) is 71.5 Å². The summed E-state index contributed by atoms with van der Waals surface area (Å²) in [6, 6.07) is 116. The van der Waals surface area contributed by atoms with Gasteiger partial charge in [-0.3, -0.25) is 14.4 Å². The summed E-state index contributed by atoms with van der Waals surface area (Å²) in [5.41, 5.74) is 12.3. The molecule has 6 aromatic heterocycles. The second-order valence-corrected chi connectivity index (χ2v) is 49.5. The van der Waals surface area contributed by atoms with E-state index in [1.54, 1.807) is 243 Å². The van der Waals surface area contributed by atoms with Gasteiger partial charge in [0.05, 0.1) is 79.3 Å². The van der Waals surface area contributed by atoms with Gasteiger partial charge in [0.25, 0.3) is 50.1 Å². The summed E-state index contributed by atoms with van der Waals surface area (Å²) in [5.74, 6) is -1.01. The van der Waals surface area contributed by atoms with Gasteiger partial charge in [0.1, 0.15) is 12.6 Å². The predicted molar refractivity (Wildman–Crippen MR) is 577 cm³/mol. The van der Waals surface area contributed by atoms with E-state index < -0.39 is 64.4 Å². The van der Waals surface area contributed by atoms with E-state index in [2.05, 4.69) is 73.9 Å². The first-order valence-electron chi connectivity index (χ1n) is 46.5. The van der Waals surface area contributed by atoms with Crippen LogP contribution in [0.3, 0.4) is 0 Å². The van der Waals surface area contributed by atoms with Crippen molar-refractivity contribution in [3.63, 3.8) is 0 Å². The molecule has 3 unspecified atom stereocenters. The molecule has 0 bridgehead atoms. The largest absolute Gasteiger partial charge is 0.469 e. The van der Waals surface area contributed by atoms with Gasteiger partial charge >= 0.3 is 11.9 Å². The molecule has 20 rings (SSSR count). The summed E-state index contributed by atoms with van der Waals surface area (Å²) in [5, 5.41) is 15.1. The number of benzene rings is 14. The third-order valence-electron chi connectivity index (χ3n) is 25.4. The van der Waals surface area contributed by atoms with E-state index in [-0.39, 0.29) is 66.3 Å². The number of aromatic nitrogens is 6. The van der Waals surface area contributed by atoms with Crippen molar-refractivity contribution >= 4 is 154 Å². The molecule has 0 spiro atoms. The number of H-pyrrole nitrogens is 1. The minimum absolute atomic E-state index is 0.0153. The van der Waals surface area contributed by atoms with Gasteiger partial charge in [0.2, 0.25) is 0 Å². The van der Waals surface area contributed by atoms with Gasteiger partial charge < -0.3 is 24.0 Å². The molecule has 0 aliphatic heterocycles. The van der Waals surface area contributed by atoms with E-state index in [1.807, 2.05) is 146 Å². The van der Waals surface area contributed by atoms with E-state index >= 15 is 0 Å². The molecule has 0 aliphatic carbocycles. The molecule has 24 nitrogen and oxygen atoms in total. The van der Waals surface area contributed by atoms with Crippen LogP contribution in [0.2, 0.25) is 18.1 Å². The Morgan fingerprint density at radius 1 is 0.336 bits per heavy atom. The fraction of sp³-hybridized carbons (Fsp3) is 0.121. The monoisotopic (exact) mass is 2060 g/mol. The van der Waals surface area contributed by atoms with Crippen LogP contribution in [-0.4, -0.2) is 132 Å². The van der Waals surface area contributed by atoms with Gasteiger partial charge in [-0.1, -0.05) is 227 Å². The molecule has 0 fully saturated rings. The van der Waals surface area contributed by atoms with Gasteiger partial charge in [-0.15, -0.1) is 0 Å². The minimum Gasteiger partial charge on any atom is -0.469 e. The zero-order chi connectivity index (χ0) is 104. The van der Waals surface area contributed by atoms with E-state index in [0.717, 1.165) is 84.0 Å². The van der Waals surface area contributed by atoms with Crippen LogP contribution in [0, 0.1) is 0 Å². The number of methoxy groups -OCH3 is 2. The summed E-state index contributed by atoms with van der Waals surface area (Å²) < 4.78 is 151. The number of ether oxygens (including phenoxy) is 2. The molecular weight excluding hydrogens is 1950 g/mol. The van der Waals surface area contributed by atoms with Crippen molar-refractivity contribution in [2.45, 2.75) is 87.6 Å². The Labute approximate surface area is 849 Å². The summed E-state index contributed by atoms with van der Waals surface area (Å²) >= 11 is 0. The van der Waals surface area contributed by atoms with Crippen LogP contribution in [0.5, 0.6) is 0 Å². The highest BCUT2D eigenvalue weighted by molar-refractivity contribution is 7.91. The molecule has 0 radical (unpaired) electrons. The molecule has 3 atom stereocenters. The molecule has 146 heavy (non-hydrogen) atoms. The minimum atomic E-state index is -3.69. The molecule has 742 valence electrons. The predicted octanol–water partition coefficient (Wildman–Crippen LogP) is 23.3. The maximum absolute atomic E-state index is 13.2. The highest BCUT2D eigenvalue weighted by Gasteiger charge is 2.38. The summed E-state index contributed by atoms with van der Waals surface area (Å²) in [6.45, 7) is 11.9. The Hall–Kier alpha value is -15.8. The number of rotatable bonds is 26. The number of carbonyl (C=O) groups excluding carboxylic acids is 4. The van der Waals surface area contributed by atoms with Crippen molar-refractivity contribution in [2.75, 3.05) is 27.4 Å². The number of aldehydes is 2. The van der Waals surface area contributed by atoms with Crippen LogP contribution in [0.4, 0.5) is 0 Å². The highest BCUT2D eigenvalue weighted by atomic mass is 32.2. The number of aromatic amines is 1. The fourth-order valence-electron chi connectivity index (χ4n) is 16.5. The lowest BCUT2D eigenvalue weighted by Gasteiger charge is -2.37. The zero-order valence-corrected chi connectivity index (χ0v) is 85.8. The zero-order valence-electron chi connectivity index (χ0n) is 80.7. The first-order chi connectivity index (χ1) is 70.2. The number of aliphatic hydroxyl groups excluding tert-OH is 1. The molecule has 0 aliphatic rings. The standard InChI is InChI=1S/C28H33NO3SSi.C24H21NO4S.C22H19NO3S.C18H15NO4S.C15H11NO3S.C9H7NO/c1-28(2,3)34(4,5)32-21-26(22-12-8-6-9-13-22)23-16-17-27-24(20-23)18-19-29(27)33(30,31)25-14-10-7-11-15-25;1-29-24(26)17-22(18-8-4-2-5-9-18)19-12-13-23-20(16-19)14-15-25(23)30(27,28)21-10-6-3-7-11-21;24-16-21(17-7-3-1-4-8-17)18-11-12-22-19(15-18)13-14-23(22)27(25,26)20-9-5-2-6-10-20;1-23-18(20)10-8-14-7-9-17-15(13-14)11-12-19(17)24(21,22)16-5-3-2-4-6-16;17-11-12-6-7-15-13(10-12)8-9-16(15)20(18,19)14-4-2-1-3-5-14;11-6-7-1-2-9-8(5-7)3-4-10-9/h6-20,26H,21H2,1-5H3;2-16,22H,17H2,1H3;1-15,21,24H,16H2;2-13H,1H3;1-11H;1-6,10H/b;;;10-8+;;. The fourth-order valence-corrected chi connectivity index (χ4v) is 24.4. The Balaban J connectivity index is 0.000000134. The molecule has 0 saturated heterocycles. The Kier molecular flexibility index (Phi) is 32.8. The van der Waals surface area contributed by atoms with Crippen LogP contribution in [0.1, 0.15) is 105 Å². The van der Waals surface area contributed by atoms with Gasteiger partial charge in [-0.25, -0.2) is 66.7 Å². The second kappa shape index (κ2) is 45.9. The lowest BCUT2D eigenvalue weighted by atomic mass is 9.88. The number of fused-ring (bicyclic) bond motifs is 6. The first kappa shape index (κ1) is 105. The summed E-state index contributed by atoms with van der Waals surface area (Å²) in [4.78, 5) is 48.6. The molecular formula is C116H106N6O18S5Si. The number of nitrogens with one attached hydrogen (secondary N) is 1. The molecule has 6 heterocycles. The van der Waals surface area contributed by atoms with Gasteiger partial charge in [-0.2, -0.15) is 0 Å². The SMILES string of the molecule is CC(C)(C)[Si](C)(C)OCC(c1ccccc1)c1ccc2c(ccn2S(=O)(=O)c2ccccc2)c1.COC(=O)/C=C/c1ccc2c(ccn2S(=O)(=O)c2ccccc2)c1.COC(=O)CC(c1ccccc1)c1ccc2c(ccn2S(=O)(=O)c2ccccc2)c1.O=Cc1ccc2[nH]ccc2c1.O=Cc1ccc2c(ccn2S(=O)(=O)c2ccccc2)c1.O=S(=O)(c1ccccc1)n1ccc2cc(C(CO)c3ccccc3)ccc21. The van der Waals surface area contributed by atoms with Crippen LogP contribution in [-0.2, 0) is 73.6 Å². The Morgan fingerprint density at radius 2 is 0.623 bits per heavy atom. The molecule has 30 heteroatoms. The molecule has 20 aromatic rings. The van der Waals surface area contributed by atoms with Crippen molar-refractivity contribution in [1.82, 2.24) is 24.8 Å². The highest BCUT2D eigenvalue weighted by Crippen LogP contribution is 2.41. The Bertz CT molecular complexity index is 8660. The van der Waals surface area contributed by atoms with Gasteiger partial charge in [-0.05, 0) is 245 Å². The summed E-state index contributed by atoms with van der Waals surface area (Å²) in [7, 11) is -17.5. The van der Waals surface area contributed by atoms with E-state index in [0.29, 0.717) is 45.1 Å². The average molecular weight is 2060 g/mol. The lowest BCUT2D eigenvalue weighted by Crippen LogP contribution is -2.41. The average Bonchev–Trinajstić information content (AvgIpc) is 1.59. The van der Waals surface area contributed by atoms with Crippen molar-refractivity contribution in [3.8, 4) is 0 Å². The van der Waals surface area contributed by atoms with Crippen molar-refractivity contribution < 1.29 is 80.3 Å². The van der Waals surface area contributed by atoms with Crippen LogP contribution < -0.4 is 0 Å². The third-order valence-corrected chi connectivity index (χ3v) is 38.4. The first-order valence-corrected chi connectivity index (χ1v) is 56.6. The number of aliphatic hydroxyl groups is 1. The second-order valence-electron chi connectivity index (χ2n) is 35.6. The molecule has 14 aromatic carbocycles. The molecule has 0 saturated carbocycles. The number of hydrogen-bond donors (Lipinski definition) is 2. The number of nitrogens with zero attached hydrogens (tertiary/aromatic N) is 5. The van der Waals surface area contributed by atoms with E-state index in [9.17, 15) is 66.4 Å². The summed E-state index contributed by atoms with van der Waals surface area (Å²) in [6.07, 6.45) is 14.4. The quantitative estimate of drug-likeness (QED) is 0.0220. The number of hydrogen-bond acceptors (Lipinski definition) is 18. The Morgan fingerprint density at radius 3 is 0.952 bits per heavy atom. The maximum Gasteiger partial charge on any atom is 0.330 e. The van der Waals surface area contributed by atoms with Gasteiger partial charge in [0, 0.05) is 117 Å². The van der Waals surface area contributed by atoms with Crippen molar-refractivity contribution in [2.24, 2.45) is 0 Å². The van der Waals surface area contributed by atoms with Crippen LogP contribution >= 0.6 is 0 Å². The molecule has 2 N–H and O–H groups in total. The maximum atomic E-state index is 13.2. The van der Waals surface area contributed by atoms with Crippen LogP contribution in [0.15, 0.2) is 456 Å². The smallest absolute Gasteiger partial charge is 0.330 e. The third kappa shape index (κ3) is 23.8. The number of carbonyl (C=O) groups is 4. The molecule has 0 amide bonds. The van der Waals surface area contributed by atoms with E-state index in [1.165, 1.54) is 58.1 Å². The van der Waals surface area contributed by atoms with Crippen molar-refractivity contribution in [3.05, 3.63) is 482 Å². The van der Waals surface area contributed by atoms with E-state index in [4.69, 9.17) is 9.16 Å². The number of esters is 2. The van der Waals surface area contributed by atoms with Gasteiger partial charge in [0.15, 0.2) is 8.32 Å².